The number of nitrogens with one attached hydrogen (secondary N) is 6. The molecule has 0 saturated carbocycles. The second-order valence-electron chi connectivity index (χ2n) is 29.5. The minimum Gasteiger partial charge on any atom is -0.475 e. The molecule has 0 aliphatic carbocycles. The van der Waals surface area contributed by atoms with E-state index >= 15 is 0 Å². The van der Waals surface area contributed by atoms with Gasteiger partial charge in [0.25, 0.3) is 0 Å². The number of nitrogens with zero attached hydrogens (tertiary/aromatic N) is 2. The zero-order valence-electron chi connectivity index (χ0n) is 73.6. The van der Waals surface area contributed by atoms with Crippen molar-refractivity contribution in [3.63, 3.8) is 0 Å². The molecule has 3 aliphatic heterocycles. The molecule has 0 spiro atoms. The molecular weight excluding hydrogens is 1640 g/mol. The molecule has 0 aromatic heterocycles. The van der Waals surface area contributed by atoms with Crippen molar-refractivity contribution >= 4 is 83.3 Å². The largest absolute Gasteiger partial charge is 0.475 e. The number of esters is 9. The van der Waals surface area contributed by atoms with Gasteiger partial charge in [-0.25, -0.2) is 0 Å². The Bertz CT molecular complexity index is 3630. The predicted octanol–water partition coefficient (Wildman–Crippen LogP) is -0.0529. The molecule has 3 saturated heterocycles. The van der Waals surface area contributed by atoms with Gasteiger partial charge in [0.1, 0.15) is 62.0 Å². The summed E-state index contributed by atoms with van der Waals surface area (Å²) in [5.41, 5.74) is 1.01. The number of amides is 5. The van der Waals surface area contributed by atoms with Gasteiger partial charge in [0.05, 0.1) is 91.8 Å². The minimum absolute atomic E-state index is 0.0136. The van der Waals surface area contributed by atoms with E-state index in [2.05, 4.69) is 77.0 Å². The Morgan fingerprint density at radius 2 is 0.766 bits per heavy atom. The fourth-order valence-corrected chi connectivity index (χ4v) is 13.6. The quantitative estimate of drug-likeness (QED) is 0.0164. The first kappa shape index (κ1) is 107. The summed E-state index contributed by atoms with van der Waals surface area (Å²) in [5.74, 6) is -6.65. The fraction of sp³-hybridized carbons (Fsp3) is 0.707. The molecule has 3 heterocycles. The van der Waals surface area contributed by atoms with Crippen LogP contribution in [-0.4, -0.2) is 335 Å². The highest BCUT2D eigenvalue weighted by atomic mass is 16.7. The van der Waals surface area contributed by atoms with Crippen LogP contribution < -0.4 is 36.6 Å². The summed E-state index contributed by atoms with van der Waals surface area (Å²) in [7, 11) is 0. The number of rotatable bonds is 56. The first-order chi connectivity index (χ1) is 58.8. The number of unbranched alkanes of at least 4 members (excludes halogenated alkanes) is 1. The summed E-state index contributed by atoms with van der Waals surface area (Å²) < 4.78 is 115. The fourth-order valence-electron chi connectivity index (χ4n) is 13.6. The van der Waals surface area contributed by atoms with E-state index < -0.39 is 208 Å². The smallest absolute Gasteiger partial charge is 0.303 e. The van der Waals surface area contributed by atoms with Crippen LogP contribution in [0.4, 0.5) is 0 Å². The van der Waals surface area contributed by atoms with Crippen LogP contribution >= 0.6 is 0 Å². The Hall–Kier alpha value is -9.78. The number of terminal acetylenes is 1. The SMILES string of the molecule is C#CCCCC(Oc1ccc(CC(C(=O)NCCOCCOC2OC(COC(C)=O)C(OC(C)=O)C(OC(C)=O)C2NC(C)=O)N(CC(=O)NCCOCCOCCOC2OC(COC(C)=O)C(OC(C)=O)C(OC(C)=O)C2NC(=C)C)CC(=O)NCCOCCOC2OC(COC(C)=O)C(OC(C)=O)C(OC(C)=O)C2NC(C)=O)cc1)N(C(C)C)C(C)C. The second kappa shape index (κ2) is 57.0. The van der Waals surface area contributed by atoms with Crippen molar-refractivity contribution < 1.29 is 162 Å². The van der Waals surface area contributed by atoms with Crippen molar-refractivity contribution in [1.29, 1.82) is 0 Å². The molecule has 6 N–H and O–H groups in total. The van der Waals surface area contributed by atoms with Crippen LogP contribution in [-0.2, 0) is 164 Å². The summed E-state index contributed by atoms with van der Waals surface area (Å²) in [4.78, 5) is 182. The number of benzene rings is 1. The van der Waals surface area contributed by atoms with E-state index in [0.29, 0.717) is 36.3 Å². The number of allylic oxidation sites excluding steroid dienone is 1. The molecule has 0 radical (unpaired) electrons. The van der Waals surface area contributed by atoms with Crippen molar-refractivity contribution in [3.8, 4) is 18.1 Å². The number of carbonyl (C=O) groups is 14. The number of ether oxygens (including phenoxy) is 20. The second-order valence-corrected chi connectivity index (χ2v) is 29.5. The lowest BCUT2D eigenvalue weighted by Crippen LogP contribution is -2.66. The number of carbonyl (C=O) groups excluding carboxylic acids is 14. The summed E-state index contributed by atoms with van der Waals surface area (Å²) >= 11 is 0. The van der Waals surface area contributed by atoms with Gasteiger partial charge < -0.3 is 127 Å². The standard InChI is InChI=1S/C82H126N8O34/c1-19-20-21-22-69(90(48(4)5)49(6)7)121-62-25-23-61(24-26-62)41-63(79(104)85-29-32-107-36-39-111-82-72(88-51(9)92)78(120-60(18)101)75(117-57(15)98)66(124-82)46-114-54(12)95)89(43-68(103)84-28-31-106-35-38-110-81-71(87-50(8)91)77(119-59(17)100)74(116-56(14)97)65(123-81)45-113-53(11)94)42-67(102)83-27-30-105-33-34-108-37-40-109-80-70(86-47(2)3)76(118-58(16)99)73(115-55(13)96)64(122-80)44-112-52(10)93/h1,23-26,48-49,63-66,69-78,80-82,86H,2,20-22,27-46H2,3-18H3,(H,83,102)(H,84,103)(H,85,104)(H,87,91)(H,88,92). The Labute approximate surface area is 722 Å². The van der Waals surface area contributed by atoms with Crippen molar-refractivity contribution in [1.82, 2.24) is 41.7 Å². The average molecular weight is 1770 g/mol. The van der Waals surface area contributed by atoms with E-state index in [1.165, 1.54) is 32.6 Å². The molecule has 1 aromatic rings. The zero-order valence-corrected chi connectivity index (χ0v) is 73.6. The van der Waals surface area contributed by atoms with Crippen LogP contribution in [0.3, 0.4) is 0 Å². The molecule has 3 aliphatic rings. The normalized spacial score (nSPS) is 22.7. The lowest BCUT2D eigenvalue weighted by Gasteiger charge is -2.45. The predicted molar refractivity (Wildman–Crippen MR) is 431 cm³/mol. The molecule has 42 nitrogen and oxygen atoms in total. The molecule has 1 aromatic carbocycles. The highest BCUT2D eigenvalue weighted by Crippen LogP contribution is 2.32. The van der Waals surface area contributed by atoms with Gasteiger partial charge in [-0.2, -0.15) is 0 Å². The van der Waals surface area contributed by atoms with Crippen LogP contribution in [0.25, 0.3) is 0 Å². The summed E-state index contributed by atoms with van der Waals surface area (Å²) in [6, 6.07) is 2.43. The molecule has 17 atom stereocenters. The highest BCUT2D eigenvalue weighted by molar-refractivity contribution is 5.86. The van der Waals surface area contributed by atoms with Gasteiger partial charge in [0.15, 0.2) is 61.7 Å². The van der Waals surface area contributed by atoms with Crippen LogP contribution in [0.1, 0.15) is 136 Å². The highest BCUT2D eigenvalue weighted by Gasteiger charge is 2.54. The van der Waals surface area contributed by atoms with Crippen LogP contribution in [0.2, 0.25) is 0 Å². The average Bonchev–Trinajstić information content (AvgIpc) is 0.794. The van der Waals surface area contributed by atoms with Crippen LogP contribution in [0.15, 0.2) is 36.5 Å². The topological polar surface area (TPSA) is 502 Å². The third-order valence-electron chi connectivity index (χ3n) is 18.2. The number of hydrogen-bond acceptors (Lipinski definition) is 37. The van der Waals surface area contributed by atoms with Crippen LogP contribution in [0.5, 0.6) is 5.75 Å². The third kappa shape index (κ3) is 40.5. The van der Waals surface area contributed by atoms with Gasteiger partial charge in [0, 0.05) is 120 Å². The Morgan fingerprint density at radius 1 is 0.435 bits per heavy atom. The van der Waals surface area contributed by atoms with Gasteiger partial charge in [-0.15, -0.1) is 12.3 Å². The lowest BCUT2D eigenvalue weighted by atomic mass is 9.96. The van der Waals surface area contributed by atoms with Crippen molar-refractivity contribution in [2.75, 3.05) is 125 Å². The molecule has 4 rings (SSSR count). The maximum Gasteiger partial charge on any atom is 0.303 e. The Morgan fingerprint density at radius 3 is 1.09 bits per heavy atom. The third-order valence-corrected chi connectivity index (χ3v) is 18.2. The Balaban J connectivity index is 1.60. The summed E-state index contributed by atoms with van der Waals surface area (Å²) in [6.45, 7) is 22.4. The molecule has 42 heteroatoms. The molecule has 17 unspecified atom stereocenters. The zero-order chi connectivity index (χ0) is 92.1. The van der Waals surface area contributed by atoms with Crippen LogP contribution in [0, 0.1) is 12.3 Å². The van der Waals surface area contributed by atoms with Gasteiger partial charge in [0.2, 0.25) is 29.5 Å². The van der Waals surface area contributed by atoms with Crippen molar-refractivity contribution in [3.05, 3.63) is 42.1 Å². The molecule has 3 fully saturated rings. The van der Waals surface area contributed by atoms with Gasteiger partial charge >= 0.3 is 53.7 Å². The van der Waals surface area contributed by atoms with Crippen molar-refractivity contribution in [2.45, 2.75) is 253 Å². The minimum atomic E-state index is -1.40. The summed E-state index contributed by atoms with van der Waals surface area (Å²) in [5, 5.41) is 16.7. The van der Waals surface area contributed by atoms with Crippen molar-refractivity contribution in [2.24, 2.45) is 0 Å². The van der Waals surface area contributed by atoms with E-state index in [9.17, 15) is 67.1 Å². The van der Waals surface area contributed by atoms with Gasteiger partial charge in [-0.05, 0) is 71.6 Å². The van der Waals surface area contributed by atoms with E-state index in [0.717, 1.165) is 48.5 Å². The molecule has 124 heavy (non-hydrogen) atoms. The lowest BCUT2D eigenvalue weighted by molar-refractivity contribution is -0.279. The number of hydrogen-bond donors (Lipinski definition) is 6. The maximum absolute atomic E-state index is 15.0. The molecule has 5 amide bonds. The maximum atomic E-state index is 15.0. The van der Waals surface area contributed by atoms with E-state index in [1.54, 1.807) is 31.2 Å². The van der Waals surface area contributed by atoms with Gasteiger partial charge in [-0.1, -0.05) is 18.7 Å². The van der Waals surface area contributed by atoms with E-state index in [-0.39, 0.29) is 124 Å². The van der Waals surface area contributed by atoms with E-state index in [1.807, 2.05) is 0 Å². The van der Waals surface area contributed by atoms with Gasteiger partial charge in [-0.3, -0.25) is 76.9 Å². The molecule has 0 bridgehead atoms. The first-order valence-corrected chi connectivity index (χ1v) is 40.8. The summed E-state index contributed by atoms with van der Waals surface area (Å²) in [6.07, 6.45) is -8.49. The molecular formula is C82H126N8O34. The monoisotopic (exact) mass is 1770 g/mol. The Kier molecular flexibility index (Phi) is 48.9. The van der Waals surface area contributed by atoms with E-state index in [4.69, 9.17) is 101 Å². The first-order valence-electron chi connectivity index (χ1n) is 40.8. The molecule has 698 valence electrons.